The molecule has 0 bridgehead atoms. The van der Waals surface area contributed by atoms with Crippen molar-refractivity contribution in [1.29, 1.82) is 0 Å². The first-order valence-corrected chi connectivity index (χ1v) is 6.24. The van der Waals surface area contributed by atoms with Gasteiger partial charge in [0.25, 0.3) is 5.91 Å². The van der Waals surface area contributed by atoms with Crippen molar-refractivity contribution in [3.63, 3.8) is 0 Å². The number of aromatic amines is 1. The number of furan rings is 1. The number of aromatic nitrogens is 1. The molecule has 0 aliphatic carbocycles. The fourth-order valence-corrected chi connectivity index (χ4v) is 1.86. The van der Waals surface area contributed by atoms with Gasteiger partial charge in [-0.05, 0) is 32.3 Å². The van der Waals surface area contributed by atoms with Crippen molar-refractivity contribution in [2.24, 2.45) is 0 Å². The lowest BCUT2D eigenvalue weighted by atomic mass is 10.2. The van der Waals surface area contributed by atoms with Gasteiger partial charge in [0.05, 0.1) is 17.9 Å². The van der Waals surface area contributed by atoms with Crippen LogP contribution >= 0.6 is 0 Å². The summed E-state index contributed by atoms with van der Waals surface area (Å²) in [6, 6.07) is 6.46. The second-order valence-corrected chi connectivity index (χ2v) is 4.65. The third kappa shape index (κ3) is 3.36. The number of amides is 1. The first-order chi connectivity index (χ1) is 9.58. The third-order valence-corrected chi connectivity index (χ3v) is 3.00. The molecule has 0 saturated heterocycles. The molecule has 2 N–H and O–H groups in total. The predicted molar refractivity (Wildman–Crippen MR) is 74.5 cm³/mol. The van der Waals surface area contributed by atoms with Crippen LogP contribution in [0.3, 0.4) is 0 Å². The highest BCUT2D eigenvalue weighted by Gasteiger charge is 2.18. The lowest BCUT2D eigenvalue weighted by Gasteiger charge is -2.22. The van der Waals surface area contributed by atoms with E-state index in [2.05, 4.69) is 10.3 Å². The lowest BCUT2D eigenvalue weighted by molar-refractivity contribution is 0.0938. The molecule has 0 radical (unpaired) electrons. The number of hydrogen-bond donors (Lipinski definition) is 2. The SMILES string of the molecule is CN(C)C(CNC(=O)c1ccc(=O)[nH]c1)c1ccco1. The summed E-state index contributed by atoms with van der Waals surface area (Å²) in [6.07, 6.45) is 3.00. The van der Waals surface area contributed by atoms with E-state index < -0.39 is 0 Å². The minimum Gasteiger partial charge on any atom is -0.468 e. The van der Waals surface area contributed by atoms with Crippen molar-refractivity contribution in [2.45, 2.75) is 6.04 Å². The van der Waals surface area contributed by atoms with Gasteiger partial charge >= 0.3 is 0 Å². The maximum absolute atomic E-state index is 12.0. The molecular weight excluding hydrogens is 258 g/mol. The molecule has 2 aromatic heterocycles. The van der Waals surface area contributed by atoms with E-state index in [1.807, 2.05) is 31.1 Å². The van der Waals surface area contributed by atoms with Crippen LogP contribution in [-0.4, -0.2) is 36.4 Å². The second kappa shape index (κ2) is 6.21. The number of carbonyl (C=O) groups is 1. The Kier molecular flexibility index (Phi) is 4.37. The van der Waals surface area contributed by atoms with E-state index in [0.717, 1.165) is 5.76 Å². The van der Waals surface area contributed by atoms with Gasteiger partial charge in [0.2, 0.25) is 5.56 Å². The zero-order valence-corrected chi connectivity index (χ0v) is 11.4. The van der Waals surface area contributed by atoms with Crippen LogP contribution in [0.5, 0.6) is 0 Å². The monoisotopic (exact) mass is 275 g/mol. The van der Waals surface area contributed by atoms with Crippen LogP contribution in [0.2, 0.25) is 0 Å². The number of nitrogens with one attached hydrogen (secondary N) is 2. The Hall–Kier alpha value is -2.34. The van der Waals surface area contributed by atoms with E-state index in [1.54, 1.807) is 6.26 Å². The Morgan fingerprint density at radius 3 is 2.75 bits per heavy atom. The molecule has 2 aromatic rings. The minimum absolute atomic E-state index is 0.0447. The standard InChI is InChI=1S/C14H17N3O3/c1-17(2)11(12-4-3-7-20-12)9-16-14(19)10-5-6-13(18)15-8-10/h3-8,11H,9H2,1-2H3,(H,15,18)(H,16,19). The number of pyridine rings is 1. The molecule has 1 unspecified atom stereocenters. The van der Waals surface area contributed by atoms with Gasteiger partial charge in [-0.25, -0.2) is 0 Å². The number of hydrogen-bond acceptors (Lipinski definition) is 4. The van der Waals surface area contributed by atoms with Crippen molar-refractivity contribution < 1.29 is 9.21 Å². The van der Waals surface area contributed by atoms with Crippen molar-refractivity contribution in [1.82, 2.24) is 15.2 Å². The minimum atomic E-state index is -0.236. The first-order valence-electron chi connectivity index (χ1n) is 6.24. The van der Waals surface area contributed by atoms with Crippen molar-refractivity contribution >= 4 is 5.91 Å². The summed E-state index contributed by atoms with van der Waals surface area (Å²) in [5.74, 6) is 0.552. The average Bonchev–Trinajstić information content (AvgIpc) is 2.93. The molecule has 2 heterocycles. The third-order valence-electron chi connectivity index (χ3n) is 3.00. The van der Waals surface area contributed by atoms with Crippen LogP contribution in [0.15, 0.2) is 45.9 Å². The Morgan fingerprint density at radius 1 is 1.40 bits per heavy atom. The number of H-pyrrole nitrogens is 1. The highest BCUT2D eigenvalue weighted by atomic mass is 16.3. The van der Waals surface area contributed by atoms with Crippen LogP contribution in [0.1, 0.15) is 22.2 Å². The molecule has 0 aliphatic heterocycles. The second-order valence-electron chi connectivity index (χ2n) is 4.65. The summed E-state index contributed by atoms with van der Waals surface area (Å²) in [5.41, 5.74) is 0.185. The molecular formula is C14H17N3O3. The molecule has 0 fully saturated rings. The van der Waals surface area contributed by atoms with Crippen molar-refractivity contribution in [2.75, 3.05) is 20.6 Å². The Labute approximate surface area is 116 Å². The average molecular weight is 275 g/mol. The molecule has 6 heteroatoms. The lowest BCUT2D eigenvalue weighted by Crippen LogP contribution is -2.34. The summed E-state index contributed by atoms with van der Waals surface area (Å²) < 4.78 is 5.37. The van der Waals surface area contributed by atoms with Crippen molar-refractivity contribution in [3.8, 4) is 0 Å². The van der Waals surface area contributed by atoms with Gasteiger partial charge < -0.3 is 14.7 Å². The van der Waals surface area contributed by atoms with Gasteiger partial charge in [0.1, 0.15) is 5.76 Å². The smallest absolute Gasteiger partial charge is 0.252 e. The summed E-state index contributed by atoms with van der Waals surface area (Å²) in [4.78, 5) is 27.4. The summed E-state index contributed by atoms with van der Waals surface area (Å²) in [5, 5.41) is 2.83. The van der Waals surface area contributed by atoms with Crippen molar-refractivity contribution in [3.05, 3.63) is 58.4 Å². The molecule has 6 nitrogen and oxygen atoms in total. The van der Waals surface area contributed by atoms with Crippen LogP contribution in [0.25, 0.3) is 0 Å². The normalized spacial score (nSPS) is 12.3. The van der Waals surface area contributed by atoms with Gasteiger partial charge in [-0.1, -0.05) is 0 Å². The summed E-state index contributed by atoms with van der Waals surface area (Å²) in [6.45, 7) is 0.415. The molecule has 106 valence electrons. The van der Waals surface area contributed by atoms with Crippen LogP contribution < -0.4 is 10.9 Å². The van der Waals surface area contributed by atoms with E-state index in [-0.39, 0.29) is 17.5 Å². The van der Waals surface area contributed by atoms with Crippen LogP contribution in [-0.2, 0) is 0 Å². The Bertz CT molecular complexity index is 596. The molecule has 1 atom stereocenters. The zero-order valence-electron chi connectivity index (χ0n) is 11.4. The number of nitrogens with zero attached hydrogens (tertiary/aromatic N) is 1. The first kappa shape index (κ1) is 14.1. The van der Waals surface area contributed by atoms with E-state index in [4.69, 9.17) is 4.42 Å². The molecule has 1 amide bonds. The molecule has 20 heavy (non-hydrogen) atoms. The number of carbonyl (C=O) groups excluding carboxylic acids is 1. The number of rotatable bonds is 5. The van der Waals surface area contributed by atoms with E-state index in [0.29, 0.717) is 12.1 Å². The fraction of sp³-hybridized carbons (Fsp3) is 0.286. The van der Waals surface area contributed by atoms with Gasteiger partial charge in [-0.15, -0.1) is 0 Å². The number of likely N-dealkylation sites (N-methyl/N-ethyl adjacent to an activating group) is 1. The largest absolute Gasteiger partial charge is 0.468 e. The van der Waals surface area contributed by atoms with Gasteiger partial charge in [0, 0.05) is 18.8 Å². The maximum atomic E-state index is 12.0. The predicted octanol–water partition coefficient (Wildman–Crippen LogP) is 1.00. The quantitative estimate of drug-likeness (QED) is 0.853. The summed E-state index contributed by atoms with van der Waals surface area (Å²) >= 11 is 0. The van der Waals surface area contributed by atoms with Crippen LogP contribution in [0, 0.1) is 0 Å². The van der Waals surface area contributed by atoms with E-state index in [9.17, 15) is 9.59 Å². The Balaban J connectivity index is 2.01. The highest BCUT2D eigenvalue weighted by molar-refractivity contribution is 5.93. The topological polar surface area (TPSA) is 78.3 Å². The fourth-order valence-electron chi connectivity index (χ4n) is 1.86. The molecule has 2 rings (SSSR count). The molecule has 0 saturated carbocycles. The molecule has 0 aliphatic rings. The van der Waals surface area contributed by atoms with E-state index in [1.165, 1.54) is 18.3 Å². The maximum Gasteiger partial charge on any atom is 0.252 e. The van der Waals surface area contributed by atoms with Gasteiger partial charge in [-0.2, -0.15) is 0 Å². The Morgan fingerprint density at radius 2 is 2.20 bits per heavy atom. The van der Waals surface area contributed by atoms with Gasteiger partial charge in [0.15, 0.2) is 0 Å². The zero-order chi connectivity index (χ0) is 14.5. The van der Waals surface area contributed by atoms with Crippen LogP contribution in [0.4, 0.5) is 0 Å². The summed E-state index contributed by atoms with van der Waals surface area (Å²) in [7, 11) is 3.83. The van der Waals surface area contributed by atoms with E-state index >= 15 is 0 Å². The highest BCUT2D eigenvalue weighted by Crippen LogP contribution is 2.17. The molecule has 0 aromatic carbocycles. The van der Waals surface area contributed by atoms with Gasteiger partial charge in [-0.3, -0.25) is 14.5 Å². The molecule has 0 spiro atoms.